The van der Waals surface area contributed by atoms with E-state index in [2.05, 4.69) is 5.32 Å². The van der Waals surface area contributed by atoms with Crippen molar-refractivity contribution in [3.8, 4) is 11.5 Å². The molecular formula is C21H25NO6. The second-order valence-electron chi connectivity index (χ2n) is 6.10. The number of anilines is 1. The molecule has 0 unspecified atom stereocenters. The van der Waals surface area contributed by atoms with E-state index < -0.39 is 12.1 Å². The van der Waals surface area contributed by atoms with Gasteiger partial charge in [-0.15, -0.1) is 0 Å². The van der Waals surface area contributed by atoms with Crippen LogP contribution < -0.4 is 14.8 Å². The first-order valence-corrected chi connectivity index (χ1v) is 8.83. The molecule has 0 aromatic heterocycles. The topological polar surface area (TPSA) is 83.1 Å². The Bertz CT molecular complexity index is 803. The van der Waals surface area contributed by atoms with Crippen molar-refractivity contribution in [2.24, 2.45) is 0 Å². The molecule has 1 amide bonds. The largest absolute Gasteiger partial charge is 0.495 e. The smallest absolute Gasteiger partial charge is 0.347 e. The Labute approximate surface area is 164 Å². The lowest BCUT2D eigenvalue weighted by Gasteiger charge is -2.14. The van der Waals surface area contributed by atoms with E-state index in [-0.39, 0.29) is 12.5 Å². The molecule has 0 aliphatic rings. The summed E-state index contributed by atoms with van der Waals surface area (Å²) < 4.78 is 20.7. The van der Waals surface area contributed by atoms with Crippen molar-refractivity contribution in [2.45, 2.75) is 20.0 Å². The second kappa shape index (κ2) is 10.3. The van der Waals surface area contributed by atoms with Gasteiger partial charge in [-0.2, -0.15) is 0 Å². The maximum atomic E-state index is 12.5. The zero-order chi connectivity index (χ0) is 20.5. The van der Waals surface area contributed by atoms with Gasteiger partial charge in [-0.1, -0.05) is 6.07 Å². The van der Waals surface area contributed by atoms with Crippen molar-refractivity contribution in [2.75, 3.05) is 32.8 Å². The van der Waals surface area contributed by atoms with Crippen LogP contribution in [0.25, 0.3) is 0 Å². The molecule has 0 saturated carbocycles. The molecule has 0 saturated heterocycles. The van der Waals surface area contributed by atoms with Crippen LogP contribution in [0, 0.1) is 6.92 Å². The van der Waals surface area contributed by atoms with Crippen LogP contribution in [-0.4, -0.2) is 45.4 Å². The number of benzene rings is 2. The summed E-state index contributed by atoms with van der Waals surface area (Å²) in [7, 11) is 3.08. The van der Waals surface area contributed by atoms with Crippen LogP contribution in [0.15, 0.2) is 42.5 Å². The number of esters is 1. The van der Waals surface area contributed by atoms with Crippen LogP contribution >= 0.6 is 0 Å². The molecule has 0 heterocycles. The number of methoxy groups -OCH3 is 2. The highest BCUT2D eigenvalue weighted by atomic mass is 16.6. The van der Waals surface area contributed by atoms with Crippen molar-refractivity contribution in [3.05, 3.63) is 53.6 Å². The van der Waals surface area contributed by atoms with Crippen LogP contribution in [0.2, 0.25) is 0 Å². The summed E-state index contributed by atoms with van der Waals surface area (Å²) in [6.45, 7) is 4.03. The fraction of sp³-hybridized carbons (Fsp3) is 0.333. The lowest BCUT2D eigenvalue weighted by molar-refractivity contribution is -0.152. The molecule has 0 aliphatic carbocycles. The van der Waals surface area contributed by atoms with Gasteiger partial charge in [0.25, 0.3) is 5.91 Å². The maximum Gasteiger partial charge on any atom is 0.347 e. The van der Waals surface area contributed by atoms with Crippen molar-refractivity contribution in [1.82, 2.24) is 0 Å². The first kappa shape index (κ1) is 21.2. The van der Waals surface area contributed by atoms with Crippen LogP contribution in [0.5, 0.6) is 11.5 Å². The van der Waals surface area contributed by atoms with Gasteiger partial charge in [0.15, 0.2) is 6.10 Å². The zero-order valence-corrected chi connectivity index (χ0v) is 16.5. The predicted octanol–water partition coefficient (Wildman–Crippen LogP) is 3.21. The van der Waals surface area contributed by atoms with E-state index in [0.717, 1.165) is 5.56 Å². The summed E-state index contributed by atoms with van der Waals surface area (Å²) in [5, 5.41) is 2.84. The van der Waals surface area contributed by atoms with E-state index >= 15 is 0 Å². The number of nitrogens with one attached hydrogen (secondary N) is 1. The SMILES string of the molecule is COCCOC(=O)[C@@H](C)Oc1ccc(C(=O)Nc2cc(C)ccc2OC)cc1. The standard InChI is InChI=1S/C21H25NO6/c1-14-5-10-19(26-4)18(13-14)22-20(23)16-6-8-17(9-7-16)28-15(2)21(24)27-12-11-25-3/h5-10,13,15H,11-12H2,1-4H3,(H,22,23)/t15-/m1/s1. The number of aryl methyl sites for hydroxylation is 1. The highest BCUT2D eigenvalue weighted by Gasteiger charge is 2.17. The number of ether oxygens (including phenoxy) is 4. The lowest BCUT2D eigenvalue weighted by Crippen LogP contribution is -2.27. The van der Waals surface area contributed by atoms with Gasteiger partial charge in [-0.25, -0.2) is 4.79 Å². The molecular weight excluding hydrogens is 362 g/mol. The van der Waals surface area contributed by atoms with Gasteiger partial charge in [0.2, 0.25) is 0 Å². The quantitative estimate of drug-likeness (QED) is 0.525. The Morgan fingerprint density at radius 3 is 2.39 bits per heavy atom. The first-order chi connectivity index (χ1) is 13.4. The predicted molar refractivity (Wildman–Crippen MR) is 105 cm³/mol. The third-order valence-corrected chi connectivity index (χ3v) is 3.90. The molecule has 28 heavy (non-hydrogen) atoms. The minimum atomic E-state index is -0.770. The van der Waals surface area contributed by atoms with Crippen molar-refractivity contribution < 1.29 is 28.5 Å². The lowest BCUT2D eigenvalue weighted by atomic mass is 10.1. The molecule has 1 atom stereocenters. The van der Waals surface area contributed by atoms with Crippen LogP contribution in [0.3, 0.4) is 0 Å². The molecule has 2 aromatic rings. The third-order valence-electron chi connectivity index (χ3n) is 3.90. The van der Waals surface area contributed by atoms with Crippen LogP contribution in [0.1, 0.15) is 22.8 Å². The molecule has 7 nitrogen and oxygen atoms in total. The van der Waals surface area contributed by atoms with Crippen molar-refractivity contribution in [1.29, 1.82) is 0 Å². The fourth-order valence-electron chi connectivity index (χ4n) is 2.39. The average Bonchev–Trinajstić information content (AvgIpc) is 2.68. The zero-order valence-electron chi connectivity index (χ0n) is 16.5. The molecule has 0 radical (unpaired) electrons. The van der Waals surface area contributed by atoms with Gasteiger partial charge in [0.1, 0.15) is 18.1 Å². The normalized spacial score (nSPS) is 11.4. The van der Waals surface area contributed by atoms with E-state index in [1.54, 1.807) is 44.4 Å². The number of rotatable bonds is 9. The van der Waals surface area contributed by atoms with E-state index in [4.69, 9.17) is 18.9 Å². The highest BCUT2D eigenvalue weighted by Crippen LogP contribution is 2.26. The minimum absolute atomic E-state index is 0.171. The van der Waals surface area contributed by atoms with E-state index in [9.17, 15) is 9.59 Å². The summed E-state index contributed by atoms with van der Waals surface area (Å²) in [5.74, 6) is 0.286. The Balaban J connectivity index is 1.97. The van der Waals surface area contributed by atoms with Crippen molar-refractivity contribution >= 4 is 17.6 Å². The average molecular weight is 387 g/mol. The van der Waals surface area contributed by atoms with E-state index in [0.29, 0.717) is 29.4 Å². The van der Waals surface area contributed by atoms with Gasteiger partial charge in [-0.05, 0) is 55.8 Å². The Morgan fingerprint density at radius 2 is 1.75 bits per heavy atom. The molecule has 0 fully saturated rings. The van der Waals surface area contributed by atoms with Crippen molar-refractivity contribution in [3.63, 3.8) is 0 Å². The van der Waals surface area contributed by atoms with E-state index in [1.807, 2.05) is 19.1 Å². The molecule has 2 rings (SSSR count). The van der Waals surface area contributed by atoms with Gasteiger partial charge in [0, 0.05) is 12.7 Å². The molecule has 2 aromatic carbocycles. The molecule has 0 aliphatic heterocycles. The molecule has 0 bridgehead atoms. The van der Waals surface area contributed by atoms with Gasteiger partial charge in [-0.3, -0.25) is 4.79 Å². The summed E-state index contributed by atoms with van der Waals surface area (Å²) in [6.07, 6.45) is -0.770. The number of carbonyl (C=O) groups is 2. The van der Waals surface area contributed by atoms with Crippen LogP contribution in [-0.2, 0) is 14.3 Å². The summed E-state index contributed by atoms with van der Waals surface area (Å²) in [6, 6.07) is 12.0. The summed E-state index contributed by atoms with van der Waals surface area (Å²) >= 11 is 0. The summed E-state index contributed by atoms with van der Waals surface area (Å²) in [5.41, 5.74) is 2.05. The monoisotopic (exact) mass is 387 g/mol. The highest BCUT2D eigenvalue weighted by molar-refractivity contribution is 6.05. The number of carbonyl (C=O) groups excluding carboxylic acids is 2. The fourth-order valence-corrected chi connectivity index (χ4v) is 2.39. The Kier molecular flexibility index (Phi) is 7.83. The van der Waals surface area contributed by atoms with Gasteiger partial charge < -0.3 is 24.3 Å². The number of hydrogen-bond donors (Lipinski definition) is 1. The third kappa shape index (κ3) is 5.99. The molecule has 1 N–H and O–H groups in total. The maximum absolute atomic E-state index is 12.5. The molecule has 150 valence electrons. The number of hydrogen-bond acceptors (Lipinski definition) is 6. The number of amides is 1. The Hall–Kier alpha value is -3.06. The van der Waals surface area contributed by atoms with E-state index in [1.165, 1.54) is 7.11 Å². The first-order valence-electron chi connectivity index (χ1n) is 8.83. The Morgan fingerprint density at radius 1 is 1.04 bits per heavy atom. The van der Waals surface area contributed by atoms with Gasteiger partial charge in [0.05, 0.1) is 19.4 Å². The minimum Gasteiger partial charge on any atom is -0.495 e. The second-order valence-corrected chi connectivity index (χ2v) is 6.10. The van der Waals surface area contributed by atoms with Crippen LogP contribution in [0.4, 0.5) is 5.69 Å². The van der Waals surface area contributed by atoms with Gasteiger partial charge >= 0.3 is 5.97 Å². The molecule has 0 spiro atoms. The molecule has 7 heteroatoms. The summed E-state index contributed by atoms with van der Waals surface area (Å²) in [4.78, 5) is 24.3.